The summed E-state index contributed by atoms with van der Waals surface area (Å²) < 4.78 is 40.4. The summed E-state index contributed by atoms with van der Waals surface area (Å²) in [5, 5.41) is 5.68. The van der Waals surface area contributed by atoms with Gasteiger partial charge in [0.15, 0.2) is 0 Å². The Morgan fingerprint density at radius 1 is 0.889 bits per heavy atom. The molecule has 0 aliphatic heterocycles. The van der Waals surface area contributed by atoms with E-state index in [0.29, 0.717) is 11.5 Å². The molecule has 3 rings (SSSR count). The molecule has 0 spiro atoms. The highest BCUT2D eigenvalue weighted by Gasteiger charge is 2.31. The van der Waals surface area contributed by atoms with E-state index in [1.165, 1.54) is 12.1 Å². The molecule has 2 N–H and O–H groups in total. The number of nitrogens with zero attached hydrogens (tertiary/aromatic N) is 1. The van der Waals surface area contributed by atoms with E-state index in [9.17, 15) is 18.0 Å². The Bertz CT molecular complexity index is 913. The second-order valence-electron chi connectivity index (χ2n) is 5.42. The third kappa shape index (κ3) is 5.21. The van der Waals surface area contributed by atoms with Crippen LogP contribution in [0.2, 0.25) is 0 Å². The van der Waals surface area contributed by atoms with Crippen molar-refractivity contribution >= 4 is 23.1 Å². The first-order chi connectivity index (χ1) is 12.9. The number of carbonyl (C=O) groups excluding carboxylic acids is 1. The number of rotatable bonds is 5. The van der Waals surface area contributed by atoms with Crippen molar-refractivity contribution in [1.29, 1.82) is 0 Å². The van der Waals surface area contributed by atoms with Crippen LogP contribution < -0.4 is 15.4 Å². The number of benzene rings is 2. The molecule has 27 heavy (non-hydrogen) atoms. The van der Waals surface area contributed by atoms with Crippen LogP contribution in [0, 0.1) is 0 Å². The molecule has 0 saturated heterocycles. The number of pyridine rings is 1. The third-order valence-electron chi connectivity index (χ3n) is 3.43. The SMILES string of the molecule is O=C(Nc1ccc(OC(F)(F)F)cc1)c1cccnc1Nc1ccccc1. The maximum atomic E-state index is 12.5. The first kappa shape index (κ1) is 18.2. The van der Waals surface area contributed by atoms with Gasteiger partial charge >= 0.3 is 6.36 Å². The normalized spacial score (nSPS) is 10.9. The fraction of sp³-hybridized carbons (Fsp3) is 0.0526. The van der Waals surface area contributed by atoms with Gasteiger partial charge < -0.3 is 15.4 Å². The highest BCUT2D eigenvalue weighted by Crippen LogP contribution is 2.25. The highest BCUT2D eigenvalue weighted by molar-refractivity contribution is 6.07. The predicted octanol–water partition coefficient (Wildman–Crippen LogP) is 4.98. The van der Waals surface area contributed by atoms with E-state index >= 15 is 0 Å². The molecule has 3 aromatic rings. The predicted molar refractivity (Wildman–Crippen MR) is 95.0 cm³/mol. The van der Waals surface area contributed by atoms with E-state index in [0.717, 1.165) is 17.8 Å². The zero-order valence-electron chi connectivity index (χ0n) is 13.8. The van der Waals surface area contributed by atoms with Gasteiger partial charge in [-0.15, -0.1) is 13.2 Å². The summed E-state index contributed by atoms with van der Waals surface area (Å²) in [6.07, 6.45) is -3.22. The standard InChI is InChI=1S/C19H14F3N3O2/c20-19(21,22)27-15-10-8-14(9-11-15)25-18(26)16-7-4-12-23-17(16)24-13-5-2-1-3-6-13/h1-12H,(H,23,24)(H,25,26). The molecule has 0 aliphatic rings. The summed E-state index contributed by atoms with van der Waals surface area (Å²) in [7, 11) is 0. The molecule has 138 valence electrons. The van der Waals surface area contributed by atoms with Crippen LogP contribution in [-0.2, 0) is 0 Å². The molecule has 0 bridgehead atoms. The smallest absolute Gasteiger partial charge is 0.406 e. The molecule has 0 aliphatic carbocycles. The molecular formula is C19H14F3N3O2. The first-order valence-corrected chi connectivity index (χ1v) is 7.85. The number of aromatic nitrogens is 1. The number of ether oxygens (including phenoxy) is 1. The van der Waals surface area contributed by atoms with Crippen LogP contribution in [-0.4, -0.2) is 17.3 Å². The van der Waals surface area contributed by atoms with Crippen molar-refractivity contribution in [3.8, 4) is 5.75 Å². The summed E-state index contributed by atoms with van der Waals surface area (Å²) in [4.78, 5) is 16.7. The number of anilines is 3. The largest absolute Gasteiger partial charge is 0.573 e. The molecular weight excluding hydrogens is 359 g/mol. The number of carbonyl (C=O) groups is 1. The molecule has 0 radical (unpaired) electrons. The Morgan fingerprint density at radius 3 is 2.26 bits per heavy atom. The molecule has 0 unspecified atom stereocenters. The number of para-hydroxylation sites is 1. The summed E-state index contributed by atoms with van der Waals surface area (Å²) in [6.45, 7) is 0. The fourth-order valence-electron chi connectivity index (χ4n) is 2.28. The lowest BCUT2D eigenvalue weighted by molar-refractivity contribution is -0.274. The minimum Gasteiger partial charge on any atom is -0.406 e. The minimum absolute atomic E-state index is 0.289. The van der Waals surface area contributed by atoms with Gasteiger partial charge in [-0.3, -0.25) is 4.79 Å². The van der Waals surface area contributed by atoms with Crippen molar-refractivity contribution in [2.45, 2.75) is 6.36 Å². The second-order valence-corrected chi connectivity index (χ2v) is 5.42. The Balaban J connectivity index is 1.73. The van der Waals surface area contributed by atoms with E-state index in [-0.39, 0.29) is 11.3 Å². The van der Waals surface area contributed by atoms with Gasteiger partial charge in [-0.05, 0) is 48.5 Å². The summed E-state index contributed by atoms with van der Waals surface area (Å²) >= 11 is 0. The molecule has 1 aromatic heterocycles. The average Bonchev–Trinajstić information content (AvgIpc) is 2.63. The van der Waals surface area contributed by atoms with Gasteiger partial charge in [0.25, 0.3) is 5.91 Å². The maximum absolute atomic E-state index is 12.5. The van der Waals surface area contributed by atoms with Gasteiger partial charge in [0.1, 0.15) is 11.6 Å². The van der Waals surface area contributed by atoms with Crippen LogP contribution in [0.1, 0.15) is 10.4 Å². The molecule has 5 nitrogen and oxygen atoms in total. The number of amides is 1. The second kappa shape index (κ2) is 7.77. The Hall–Kier alpha value is -3.55. The van der Waals surface area contributed by atoms with Crippen molar-refractivity contribution in [2.24, 2.45) is 0 Å². The molecule has 2 aromatic carbocycles. The van der Waals surface area contributed by atoms with Gasteiger partial charge in [0.05, 0.1) is 5.56 Å². The van der Waals surface area contributed by atoms with Gasteiger partial charge in [-0.2, -0.15) is 0 Å². The van der Waals surface area contributed by atoms with Crippen molar-refractivity contribution < 1.29 is 22.7 Å². The topological polar surface area (TPSA) is 63.2 Å². The summed E-state index contributed by atoms with van der Waals surface area (Å²) in [5.41, 5.74) is 1.37. The fourth-order valence-corrected chi connectivity index (χ4v) is 2.28. The molecule has 0 saturated carbocycles. The number of hydrogen-bond acceptors (Lipinski definition) is 4. The Labute approximate surface area is 152 Å². The number of hydrogen-bond donors (Lipinski definition) is 2. The summed E-state index contributed by atoms with van der Waals surface area (Å²) in [5.74, 6) is -0.461. The van der Waals surface area contributed by atoms with Gasteiger partial charge in [0.2, 0.25) is 0 Å². The van der Waals surface area contributed by atoms with Crippen molar-refractivity contribution in [1.82, 2.24) is 4.98 Å². The van der Waals surface area contributed by atoms with E-state index in [1.54, 1.807) is 18.3 Å². The lowest BCUT2D eigenvalue weighted by atomic mass is 10.2. The monoisotopic (exact) mass is 373 g/mol. The average molecular weight is 373 g/mol. The van der Waals surface area contributed by atoms with Gasteiger partial charge in [-0.25, -0.2) is 4.98 Å². The van der Waals surface area contributed by atoms with E-state index in [2.05, 4.69) is 20.4 Å². The van der Waals surface area contributed by atoms with E-state index in [4.69, 9.17) is 0 Å². The van der Waals surface area contributed by atoms with Crippen molar-refractivity contribution in [3.63, 3.8) is 0 Å². The summed E-state index contributed by atoms with van der Waals surface area (Å²) in [6, 6.07) is 17.3. The number of nitrogens with one attached hydrogen (secondary N) is 2. The number of halogens is 3. The number of alkyl halides is 3. The van der Waals surface area contributed by atoms with Crippen LogP contribution in [0.15, 0.2) is 72.9 Å². The quantitative estimate of drug-likeness (QED) is 0.662. The zero-order valence-corrected chi connectivity index (χ0v) is 13.8. The van der Waals surface area contributed by atoms with Crippen LogP contribution >= 0.6 is 0 Å². The van der Waals surface area contributed by atoms with E-state index < -0.39 is 12.3 Å². The van der Waals surface area contributed by atoms with Crippen LogP contribution in [0.4, 0.5) is 30.4 Å². The van der Waals surface area contributed by atoms with E-state index in [1.807, 2.05) is 30.3 Å². The Kier molecular flexibility index (Phi) is 5.25. The molecule has 8 heteroatoms. The van der Waals surface area contributed by atoms with Gasteiger partial charge in [0, 0.05) is 17.6 Å². The Morgan fingerprint density at radius 2 is 1.59 bits per heavy atom. The molecule has 0 atom stereocenters. The zero-order chi connectivity index (χ0) is 19.3. The minimum atomic E-state index is -4.77. The molecule has 1 heterocycles. The third-order valence-corrected chi connectivity index (χ3v) is 3.43. The molecule has 1 amide bonds. The van der Waals surface area contributed by atoms with Gasteiger partial charge in [-0.1, -0.05) is 18.2 Å². The maximum Gasteiger partial charge on any atom is 0.573 e. The van der Waals surface area contributed by atoms with Crippen LogP contribution in [0.25, 0.3) is 0 Å². The lowest BCUT2D eigenvalue weighted by Crippen LogP contribution is -2.17. The highest BCUT2D eigenvalue weighted by atomic mass is 19.4. The van der Waals surface area contributed by atoms with Crippen molar-refractivity contribution in [3.05, 3.63) is 78.5 Å². The van der Waals surface area contributed by atoms with Crippen LogP contribution in [0.5, 0.6) is 5.75 Å². The molecule has 0 fully saturated rings. The first-order valence-electron chi connectivity index (χ1n) is 7.85. The van der Waals surface area contributed by atoms with Crippen LogP contribution in [0.3, 0.4) is 0 Å². The van der Waals surface area contributed by atoms with Crippen molar-refractivity contribution in [2.75, 3.05) is 10.6 Å². The lowest BCUT2D eigenvalue weighted by Gasteiger charge is -2.12.